The summed E-state index contributed by atoms with van der Waals surface area (Å²) < 4.78 is 6.75. The van der Waals surface area contributed by atoms with Crippen molar-refractivity contribution in [2.24, 2.45) is 5.41 Å². The van der Waals surface area contributed by atoms with Crippen LogP contribution in [0.3, 0.4) is 0 Å². The molecular weight excluding hydrogens is 434 g/mol. The van der Waals surface area contributed by atoms with Gasteiger partial charge in [-0.2, -0.15) is 0 Å². The molecule has 0 bridgehead atoms. The Hall–Kier alpha value is -4.07. The van der Waals surface area contributed by atoms with Crippen LogP contribution >= 0.6 is 0 Å². The van der Waals surface area contributed by atoms with Gasteiger partial charge < -0.3 is 15.2 Å². The summed E-state index contributed by atoms with van der Waals surface area (Å²) in [7, 11) is 0. The van der Waals surface area contributed by atoms with E-state index in [9.17, 15) is 14.4 Å². The molecule has 2 heterocycles. The van der Waals surface area contributed by atoms with Crippen LogP contribution in [0.15, 0.2) is 70.7 Å². The first-order chi connectivity index (χ1) is 16.2. The fraction of sp³-hybridized carbons (Fsp3) is 0.269. The number of carbonyl (C=O) groups excluding carboxylic acids is 1. The number of hydrogen-bond donors (Lipinski definition) is 3. The summed E-state index contributed by atoms with van der Waals surface area (Å²) in [5.41, 5.74) is 2.96. The number of ether oxygens (including phenoxy) is 1. The molecule has 0 unspecified atom stereocenters. The Labute approximate surface area is 195 Å². The van der Waals surface area contributed by atoms with Crippen molar-refractivity contribution in [3.63, 3.8) is 0 Å². The number of aliphatic carboxylic acids is 1. The van der Waals surface area contributed by atoms with Gasteiger partial charge in [-0.25, -0.2) is 9.48 Å². The first-order valence-electron chi connectivity index (χ1n) is 11.1. The lowest BCUT2D eigenvalue weighted by atomic mass is 9.69. The zero-order valence-corrected chi connectivity index (χ0v) is 18.9. The number of fused-ring (bicyclic) bond motifs is 1. The van der Waals surface area contributed by atoms with Crippen molar-refractivity contribution in [3.05, 3.63) is 87.3 Å². The van der Waals surface area contributed by atoms with E-state index in [1.165, 1.54) is 4.68 Å². The summed E-state index contributed by atoms with van der Waals surface area (Å²) in [6, 6.07) is 16.2. The van der Waals surface area contributed by atoms with E-state index >= 15 is 0 Å². The summed E-state index contributed by atoms with van der Waals surface area (Å²) in [5.74, 6) is -0.605. The van der Waals surface area contributed by atoms with E-state index in [4.69, 9.17) is 9.84 Å². The second kappa shape index (κ2) is 8.06. The lowest BCUT2D eigenvalue weighted by Crippen LogP contribution is -2.35. The SMILES string of the molecule is CC1(C)CC(=O)C2=C(C1)Nc1[nH]n(-c3ccccc3)c(=O)c1[C@@H]2c1ccc(OCC(=O)O)cc1. The maximum Gasteiger partial charge on any atom is 0.341 e. The Morgan fingerprint density at radius 1 is 1.09 bits per heavy atom. The van der Waals surface area contributed by atoms with Crippen molar-refractivity contribution in [3.8, 4) is 11.4 Å². The van der Waals surface area contributed by atoms with Crippen LogP contribution < -0.4 is 15.6 Å². The van der Waals surface area contributed by atoms with E-state index in [2.05, 4.69) is 24.3 Å². The number of carbonyl (C=O) groups is 2. The number of aromatic nitrogens is 2. The van der Waals surface area contributed by atoms with Crippen LogP contribution in [-0.2, 0) is 9.59 Å². The number of para-hydroxylation sites is 1. The molecule has 8 nitrogen and oxygen atoms in total. The van der Waals surface area contributed by atoms with Crippen LogP contribution in [0.2, 0.25) is 0 Å². The smallest absolute Gasteiger partial charge is 0.341 e. The van der Waals surface area contributed by atoms with E-state index < -0.39 is 18.5 Å². The Bertz CT molecular complexity index is 1360. The third-order valence-corrected chi connectivity index (χ3v) is 6.29. The third kappa shape index (κ3) is 3.81. The zero-order valence-electron chi connectivity index (χ0n) is 18.9. The van der Waals surface area contributed by atoms with E-state index in [1.54, 1.807) is 24.3 Å². The van der Waals surface area contributed by atoms with Crippen LogP contribution in [0.25, 0.3) is 5.69 Å². The summed E-state index contributed by atoms with van der Waals surface area (Å²) in [6.45, 7) is 3.68. The minimum atomic E-state index is -1.06. The van der Waals surface area contributed by atoms with Crippen LogP contribution in [0.5, 0.6) is 5.75 Å². The fourth-order valence-electron chi connectivity index (χ4n) is 4.88. The largest absolute Gasteiger partial charge is 0.482 e. The number of allylic oxidation sites excluding steroid dienone is 2. The number of nitrogens with zero attached hydrogens (tertiary/aromatic N) is 1. The first-order valence-corrected chi connectivity index (χ1v) is 11.1. The second-order valence-electron chi connectivity index (χ2n) is 9.52. The summed E-state index contributed by atoms with van der Waals surface area (Å²) in [5, 5.41) is 15.4. The average molecular weight is 460 g/mol. The molecule has 0 radical (unpaired) electrons. The second-order valence-corrected chi connectivity index (χ2v) is 9.52. The monoisotopic (exact) mass is 459 g/mol. The van der Waals surface area contributed by atoms with Gasteiger partial charge in [0.15, 0.2) is 12.4 Å². The number of nitrogens with one attached hydrogen (secondary N) is 2. The molecule has 1 aromatic heterocycles. The normalized spacial score (nSPS) is 18.6. The third-order valence-electron chi connectivity index (χ3n) is 6.29. The predicted molar refractivity (Wildman–Crippen MR) is 126 cm³/mol. The van der Waals surface area contributed by atoms with E-state index in [-0.39, 0.29) is 16.8 Å². The molecule has 174 valence electrons. The molecule has 2 aromatic carbocycles. The number of carboxylic acid groups (broad SMARTS) is 1. The van der Waals surface area contributed by atoms with Gasteiger partial charge in [0.05, 0.1) is 11.3 Å². The van der Waals surface area contributed by atoms with Crippen molar-refractivity contribution < 1.29 is 19.4 Å². The highest BCUT2D eigenvalue weighted by atomic mass is 16.5. The van der Waals surface area contributed by atoms with Crippen LogP contribution in [-0.4, -0.2) is 33.2 Å². The number of Topliss-reactive ketones (excluding diaryl/α,β-unsaturated/α-hetero) is 1. The number of benzene rings is 2. The topological polar surface area (TPSA) is 113 Å². The molecule has 1 atom stereocenters. The molecule has 0 saturated heterocycles. The lowest BCUT2D eigenvalue weighted by Gasteiger charge is -2.37. The molecule has 8 heteroatoms. The molecule has 1 aliphatic heterocycles. The molecule has 2 aliphatic rings. The van der Waals surface area contributed by atoms with Gasteiger partial charge in [-0.15, -0.1) is 0 Å². The average Bonchev–Trinajstić information content (AvgIpc) is 3.12. The fourth-order valence-corrected chi connectivity index (χ4v) is 4.88. The number of rotatable bonds is 5. The number of anilines is 1. The van der Waals surface area contributed by atoms with Gasteiger partial charge >= 0.3 is 5.97 Å². The predicted octanol–water partition coefficient (Wildman–Crippen LogP) is 3.83. The van der Waals surface area contributed by atoms with E-state index in [0.717, 1.165) is 11.3 Å². The highest BCUT2D eigenvalue weighted by Crippen LogP contribution is 2.47. The van der Waals surface area contributed by atoms with Crippen molar-refractivity contribution in [1.29, 1.82) is 0 Å². The Morgan fingerprint density at radius 3 is 2.47 bits per heavy atom. The van der Waals surface area contributed by atoms with Gasteiger partial charge in [0.2, 0.25) is 0 Å². The minimum absolute atomic E-state index is 0.0208. The standard InChI is InChI=1S/C26H25N3O5/c1-26(2)12-18-22(19(30)13-26)21(15-8-10-17(11-9-15)34-14-20(31)32)23-24(27-18)28-29(25(23)33)16-6-4-3-5-7-16/h3-11,21,27-28H,12-14H2,1-2H3,(H,31,32)/t21-/m1/s1. The molecule has 0 amide bonds. The number of hydrogen-bond acceptors (Lipinski definition) is 5. The van der Waals surface area contributed by atoms with E-state index in [1.807, 2.05) is 30.3 Å². The summed E-state index contributed by atoms with van der Waals surface area (Å²) in [6.07, 6.45) is 1.08. The number of H-pyrrole nitrogens is 1. The number of aromatic amines is 1. The van der Waals surface area contributed by atoms with Gasteiger partial charge in [-0.05, 0) is 41.7 Å². The molecule has 5 rings (SSSR count). The van der Waals surface area contributed by atoms with Crippen molar-refractivity contribution >= 4 is 17.6 Å². The first kappa shape index (κ1) is 21.8. The molecule has 0 saturated carbocycles. The maximum absolute atomic E-state index is 13.6. The van der Waals surface area contributed by atoms with Crippen molar-refractivity contribution in [1.82, 2.24) is 9.78 Å². The maximum atomic E-state index is 13.6. The molecule has 3 N–H and O–H groups in total. The van der Waals surface area contributed by atoms with Gasteiger partial charge in [0, 0.05) is 23.6 Å². The van der Waals surface area contributed by atoms with E-state index in [0.29, 0.717) is 41.2 Å². The molecule has 0 fully saturated rings. The van der Waals surface area contributed by atoms with Gasteiger partial charge in [0.25, 0.3) is 5.56 Å². The lowest BCUT2D eigenvalue weighted by molar-refractivity contribution is -0.139. The Balaban J connectivity index is 1.64. The molecule has 3 aromatic rings. The van der Waals surface area contributed by atoms with Crippen LogP contribution in [0.4, 0.5) is 5.82 Å². The highest BCUT2D eigenvalue weighted by molar-refractivity contribution is 6.01. The van der Waals surface area contributed by atoms with Gasteiger partial charge in [-0.1, -0.05) is 44.2 Å². The van der Waals surface area contributed by atoms with Gasteiger partial charge in [0.1, 0.15) is 11.6 Å². The minimum Gasteiger partial charge on any atom is -0.482 e. The number of ketones is 1. The van der Waals surface area contributed by atoms with Crippen LogP contribution in [0.1, 0.15) is 43.7 Å². The number of carboxylic acids is 1. The van der Waals surface area contributed by atoms with Crippen molar-refractivity contribution in [2.75, 3.05) is 11.9 Å². The molecule has 1 aliphatic carbocycles. The summed E-state index contributed by atoms with van der Waals surface area (Å²) in [4.78, 5) is 37.8. The highest BCUT2D eigenvalue weighted by Gasteiger charge is 2.42. The Kier molecular flexibility index (Phi) is 5.16. The van der Waals surface area contributed by atoms with Crippen molar-refractivity contribution in [2.45, 2.75) is 32.6 Å². The Morgan fingerprint density at radius 2 is 1.79 bits per heavy atom. The molecular formula is C26H25N3O5. The van der Waals surface area contributed by atoms with Crippen LogP contribution in [0, 0.1) is 5.41 Å². The zero-order chi connectivity index (χ0) is 24.0. The summed E-state index contributed by atoms with van der Waals surface area (Å²) >= 11 is 0. The molecule has 0 spiro atoms. The molecule has 34 heavy (non-hydrogen) atoms. The van der Waals surface area contributed by atoms with Gasteiger partial charge in [-0.3, -0.25) is 14.7 Å². The quantitative estimate of drug-likeness (QED) is 0.534.